The average Bonchev–Trinajstić information content (AvgIpc) is 3.28. The summed E-state index contributed by atoms with van der Waals surface area (Å²) < 4.78 is 0. The molecule has 0 bridgehead atoms. The van der Waals surface area contributed by atoms with Crippen LogP contribution in [-0.2, 0) is 4.79 Å². The minimum absolute atomic E-state index is 0.383. The van der Waals surface area contributed by atoms with Crippen molar-refractivity contribution in [1.82, 2.24) is 5.32 Å². The maximum atomic E-state index is 12.5. The van der Waals surface area contributed by atoms with Gasteiger partial charge in [0.15, 0.2) is 0 Å². The van der Waals surface area contributed by atoms with Crippen molar-refractivity contribution in [3.8, 4) is 0 Å². The number of nitrogens with one attached hydrogen (secondary N) is 1. The van der Waals surface area contributed by atoms with Gasteiger partial charge in [0.1, 0.15) is 6.10 Å². The van der Waals surface area contributed by atoms with E-state index in [1.165, 1.54) is 218 Å². The Morgan fingerprint density at radius 3 is 0.984 bits per heavy atom. The average molecular weight is 870 g/mol. The summed E-state index contributed by atoms with van der Waals surface area (Å²) >= 11 is 0. The van der Waals surface area contributed by atoms with E-state index >= 15 is 0 Å². The molecular formula is C57H107NO4. The first-order valence-electron chi connectivity index (χ1n) is 27.5. The lowest BCUT2D eigenvalue weighted by Crippen LogP contribution is -2.48. The Morgan fingerprint density at radius 1 is 0.387 bits per heavy atom. The molecule has 364 valence electrons. The lowest BCUT2D eigenvalue weighted by atomic mass is 10.0. The van der Waals surface area contributed by atoms with Gasteiger partial charge in [-0.15, -0.1) is 0 Å². The van der Waals surface area contributed by atoms with Crippen molar-refractivity contribution in [2.24, 2.45) is 0 Å². The zero-order valence-electron chi connectivity index (χ0n) is 41.5. The van der Waals surface area contributed by atoms with Gasteiger partial charge in [-0.05, 0) is 70.6 Å². The number of allylic oxidation sites excluding steroid dienone is 7. The molecule has 5 nitrogen and oxygen atoms in total. The molecule has 0 saturated carbocycles. The first-order chi connectivity index (χ1) is 30.6. The number of carbonyl (C=O) groups is 1. The molecule has 0 saturated heterocycles. The first kappa shape index (κ1) is 60.3. The molecule has 62 heavy (non-hydrogen) atoms. The SMILES string of the molecule is CCCCCCCCCCCCCC/C=C\CCCCCCCCCC(O)C(=O)NC(CO)C(O)/C=C/CC/C=C/CC/C=C/CCCCCCCCCCCCCCCCC. The Balaban J connectivity index is 3.67. The minimum Gasteiger partial charge on any atom is -0.394 e. The normalized spacial score (nSPS) is 13.7. The molecule has 0 heterocycles. The quantitative estimate of drug-likeness (QED) is 0.0362. The molecule has 0 rings (SSSR count). The van der Waals surface area contributed by atoms with E-state index in [-0.39, 0.29) is 6.61 Å². The second-order valence-electron chi connectivity index (χ2n) is 18.8. The van der Waals surface area contributed by atoms with Crippen molar-refractivity contribution in [1.29, 1.82) is 0 Å². The van der Waals surface area contributed by atoms with Crippen LogP contribution in [0.2, 0.25) is 0 Å². The van der Waals surface area contributed by atoms with Gasteiger partial charge in [-0.2, -0.15) is 0 Å². The van der Waals surface area contributed by atoms with Crippen LogP contribution in [0.15, 0.2) is 48.6 Å². The van der Waals surface area contributed by atoms with Gasteiger partial charge in [0.05, 0.1) is 18.8 Å². The highest BCUT2D eigenvalue weighted by atomic mass is 16.3. The molecule has 3 unspecified atom stereocenters. The largest absolute Gasteiger partial charge is 0.394 e. The summed E-state index contributed by atoms with van der Waals surface area (Å²) in [5, 5.41) is 33.3. The number of aliphatic hydroxyl groups excluding tert-OH is 3. The molecule has 0 aromatic heterocycles. The van der Waals surface area contributed by atoms with Crippen LogP contribution < -0.4 is 5.32 Å². The van der Waals surface area contributed by atoms with Gasteiger partial charge >= 0.3 is 0 Å². The van der Waals surface area contributed by atoms with Crippen LogP contribution >= 0.6 is 0 Å². The minimum atomic E-state index is -1.11. The second kappa shape index (κ2) is 51.9. The van der Waals surface area contributed by atoms with Crippen LogP contribution in [0.3, 0.4) is 0 Å². The monoisotopic (exact) mass is 870 g/mol. The second-order valence-corrected chi connectivity index (χ2v) is 18.8. The van der Waals surface area contributed by atoms with Crippen LogP contribution in [0.5, 0.6) is 0 Å². The smallest absolute Gasteiger partial charge is 0.249 e. The lowest BCUT2D eigenvalue weighted by molar-refractivity contribution is -0.131. The summed E-state index contributed by atoms with van der Waals surface area (Å²) in [6.45, 7) is 4.19. The molecule has 0 aliphatic rings. The molecule has 1 amide bonds. The standard InChI is InChI=1S/C57H107NO4/c1-3-5-7-9-11-13-15-17-19-21-23-25-27-28-30-31-33-35-37-39-41-43-45-47-49-51-55(60)54(53-59)58-57(62)56(61)52-50-48-46-44-42-40-38-36-34-32-29-26-24-22-20-18-16-14-12-10-8-6-4-2/h32-35,41,43,49,51,54-56,59-61H,3-31,36-40,42,44-48,50,52-53H2,1-2H3,(H,58,62)/b34-32-,35-33+,43-41+,51-49+. The summed E-state index contributed by atoms with van der Waals surface area (Å²) in [4.78, 5) is 12.5. The number of amides is 1. The number of hydrogen-bond donors (Lipinski definition) is 4. The number of aliphatic hydroxyl groups is 3. The van der Waals surface area contributed by atoms with E-state index < -0.39 is 24.2 Å². The molecule has 0 aromatic rings. The predicted octanol–water partition coefficient (Wildman–Crippen LogP) is 16.8. The molecular weight excluding hydrogens is 763 g/mol. The Kier molecular flexibility index (Phi) is 50.5. The van der Waals surface area contributed by atoms with Crippen molar-refractivity contribution >= 4 is 5.91 Å². The molecule has 3 atom stereocenters. The van der Waals surface area contributed by atoms with Crippen LogP contribution in [0.4, 0.5) is 0 Å². The summed E-state index contributed by atoms with van der Waals surface area (Å²) in [6.07, 6.45) is 69.0. The highest BCUT2D eigenvalue weighted by Gasteiger charge is 2.22. The topological polar surface area (TPSA) is 89.8 Å². The van der Waals surface area contributed by atoms with Crippen molar-refractivity contribution in [3.05, 3.63) is 48.6 Å². The Hall–Kier alpha value is -1.69. The zero-order valence-corrected chi connectivity index (χ0v) is 41.5. The number of unbranched alkanes of at least 4 members (excludes halogenated alkanes) is 36. The van der Waals surface area contributed by atoms with Gasteiger partial charge < -0.3 is 20.6 Å². The fraction of sp³-hybridized carbons (Fsp3) is 0.842. The van der Waals surface area contributed by atoms with Crippen LogP contribution in [0, 0.1) is 0 Å². The van der Waals surface area contributed by atoms with Crippen LogP contribution in [0.25, 0.3) is 0 Å². The first-order valence-corrected chi connectivity index (χ1v) is 27.5. The fourth-order valence-corrected chi connectivity index (χ4v) is 8.33. The van der Waals surface area contributed by atoms with Crippen LogP contribution in [0.1, 0.15) is 284 Å². The Labute approximate surface area is 387 Å². The third-order valence-electron chi connectivity index (χ3n) is 12.6. The van der Waals surface area contributed by atoms with Gasteiger partial charge in [0.2, 0.25) is 5.91 Å². The van der Waals surface area contributed by atoms with Gasteiger partial charge in [-0.25, -0.2) is 0 Å². The molecule has 0 aromatic carbocycles. The lowest BCUT2D eigenvalue weighted by Gasteiger charge is -2.21. The molecule has 0 aliphatic heterocycles. The van der Waals surface area contributed by atoms with E-state index in [1.807, 2.05) is 6.08 Å². The van der Waals surface area contributed by atoms with Crippen LogP contribution in [-0.4, -0.2) is 46.1 Å². The summed E-state index contributed by atoms with van der Waals surface area (Å²) in [5.41, 5.74) is 0. The number of carbonyl (C=O) groups excluding carboxylic acids is 1. The van der Waals surface area contributed by atoms with Gasteiger partial charge in [-0.1, -0.05) is 262 Å². The zero-order chi connectivity index (χ0) is 45.1. The summed E-state index contributed by atoms with van der Waals surface area (Å²) in [6, 6.07) is -0.825. The van der Waals surface area contributed by atoms with E-state index in [4.69, 9.17) is 0 Å². The maximum Gasteiger partial charge on any atom is 0.249 e. The van der Waals surface area contributed by atoms with E-state index in [2.05, 4.69) is 55.6 Å². The molecule has 4 N–H and O–H groups in total. The van der Waals surface area contributed by atoms with Crippen molar-refractivity contribution < 1.29 is 20.1 Å². The van der Waals surface area contributed by atoms with Gasteiger partial charge in [0, 0.05) is 0 Å². The maximum absolute atomic E-state index is 12.5. The number of hydrogen-bond acceptors (Lipinski definition) is 4. The number of rotatable bonds is 50. The van der Waals surface area contributed by atoms with Gasteiger partial charge in [-0.3, -0.25) is 4.79 Å². The molecule has 5 heteroatoms. The Morgan fingerprint density at radius 2 is 0.661 bits per heavy atom. The van der Waals surface area contributed by atoms with Crippen molar-refractivity contribution in [2.75, 3.05) is 6.61 Å². The highest BCUT2D eigenvalue weighted by molar-refractivity contribution is 5.80. The van der Waals surface area contributed by atoms with E-state index in [0.29, 0.717) is 6.42 Å². The Bertz CT molecular complexity index is 1000. The molecule has 0 aliphatic carbocycles. The van der Waals surface area contributed by atoms with E-state index in [9.17, 15) is 20.1 Å². The third-order valence-corrected chi connectivity index (χ3v) is 12.6. The molecule has 0 radical (unpaired) electrons. The van der Waals surface area contributed by atoms with Crippen molar-refractivity contribution in [3.63, 3.8) is 0 Å². The summed E-state index contributed by atoms with van der Waals surface area (Å²) in [7, 11) is 0. The predicted molar refractivity (Wildman–Crippen MR) is 273 cm³/mol. The summed E-state index contributed by atoms with van der Waals surface area (Å²) in [5.74, 6) is -0.518. The van der Waals surface area contributed by atoms with E-state index in [1.54, 1.807) is 6.08 Å². The van der Waals surface area contributed by atoms with Gasteiger partial charge in [0.25, 0.3) is 0 Å². The van der Waals surface area contributed by atoms with Crippen molar-refractivity contribution in [2.45, 2.75) is 302 Å². The fourth-order valence-electron chi connectivity index (χ4n) is 8.33. The molecule has 0 spiro atoms. The molecule has 0 fully saturated rings. The highest BCUT2D eigenvalue weighted by Crippen LogP contribution is 2.16. The van der Waals surface area contributed by atoms with E-state index in [0.717, 1.165) is 44.9 Å². The third kappa shape index (κ3) is 46.3.